The highest BCUT2D eigenvalue weighted by atomic mass is 16.5. The van der Waals surface area contributed by atoms with Crippen molar-refractivity contribution >= 4 is 23.4 Å². The Morgan fingerprint density at radius 1 is 1.00 bits per heavy atom. The highest BCUT2D eigenvalue weighted by Crippen LogP contribution is 2.33. The lowest BCUT2D eigenvalue weighted by atomic mass is 9.86. The number of carbonyl (C=O) groups is 4. The highest BCUT2D eigenvalue weighted by molar-refractivity contribution is 5.98. The number of rotatable bonds is 9. The van der Waals surface area contributed by atoms with Gasteiger partial charge in [0.25, 0.3) is 0 Å². The van der Waals surface area contributed by atoms with Gasteiger partial charge in [-0.05, 0) is 49.5 Å². The Morgan fingerprint density at radius 2 is 1.68 bits per heavy atom. The average Bonchev–Trinajstić information content (AvgIpc) is 3.45. The number of amides is 1. The van der Waals surface area contributed by atoms with Gasteiger partial charge < -0.3 is 15.0 Å². The number of ether oxygens (including phenoxy) is 1. The number of ketones is 2. The summed E-state index contributed by atoms with van der Waals surface area (Å²) in [7, 11) is 0. The number of hydrogen-bond acceptors (Lipinski definition) is 6. The molecule has 3 rings (SSSR count). The summed E-state index contributed by atoms with van der Waals surface area (Å²) >= 11 is 0. The van der Waals surface area contributed by atoms with E-state index >= 15 is 0 Å². The molecule has 0 bridgehead atoms. The van der Waals surface area contributed by atoms with Gasteiger partial charge in [-0.2, -0.15) is 0 Å². The third kappa shape index (κ3) is 6.53. The quantitative estimate of drug-likeness (QED) is 0.557. The molecule has 2 fully saturated rings. The normalized spacial score (nSPS) is 24.8. The largest absolute Gasteiger partial charge is 0.458 e. The number of Topliss-reactive ketones (excluding diaryl/α,β-unsaturated/α-hetero) is 2. The van der Waals surface area contributed by atoms with Crippen LogP contribution in [0.3, 0.4) is 0 Å². The molecule has 1 aromatic carbocycles. The molecule has 0 aliphatic carbocycles. The number of nitrogens with zero attached hydrogens (tertiary/aromatic N) is 1. The Kier molecular flexibility index (Phi) is 8.63. The third-order valence-corrected chi connectivity index (χ3v) is 7.02. The fourth-order valence-electron chi connectivity index (χ4n) is 5.12. The summed E-state index contributed by atoms with van der Waals surface area (Å²) in [5.74, 6) is -1.05. The zero-order valence-corrected chi connectivity index (χ0v) is 20.8. The van der Waals surface area contributed by atoms with Gasteiger partial charge >= 0.3 is 5.97 Å². The molecule has 1 N–H and O–H groups in total. The topological polar surface area (TPSA) is 92.8 Å². The van der Waals surface area contributed by atoms with Crippen molar-refractivity contribution in [2.45, 2.75) is 96.8 Å². The van der Waals surface area contributed by atoms with Crippen molar-refractivity contribution < 1.29 is 23.9 Å². The van der Waals surface area contributed by atoms with Crippen LogP contribution in [-0.4, -0.2) is 59.1 Å². The van der Waals surface area contributed by atoms with Crippen LogP contribution in [0, 0.1) is 5.41 Å². The molecule has 1 unspecified atom stereocenters. The zero-order chi connectivity index (χ0) is 24.9. The lowest BCUT2D eigenvalue weighted by molar-refractivity contribution is -0.150. The lowest BCUT2D eigenvalue weighted by Gasteiger charge is -2.31. The molecule has 34 heavy (non-hydrogen) atoms. The van der Waals surface area contributed by atoms with E-state index in [1.807, 2.05) is 30.3 Å². The maximum Gasteiger partial charge on any atom is 0.303 e. The second kappa shape index (κ2) is 11.3. The minimum atomic E-state index is -0.725. The van der Waals surface area contributed by atoms with Crippen LogP contribution >= 0.6 is 0 Å². The van der Waals surface area contributed by atoms with E-state index in [0.29, 0.717) is 19.3 Å². The van der Waals surface area contributed by atoms with Crippen molar-refractivity contribution in [3.63, 3.8) is 0 Å². The van der Waals surface area contributed by atoms with E-state index in [1.54, 1.807) is 0 Å². The standard InChI is InChI=1S/C27H38N2O5/c1-18(30)34-17-23(31)21-14-15-22(26(33)20-13-16-24(28-20)27(2,3)4)29(21)25(32)12-8-11-19-9-6-5-7-10-19/h5-7,9-10,20-22,24,28H,8,11-17H2,1-4H3/t20-,21-,22+,24?/m0/s1. The van der Waals surface area contributed by atoms with Crippen molar-refractivity contribution in [2.24, 2.45) is 5.41 Å². The van der Waals surface area contributed by atoms with Gasteiger partial charge in [-0.25, -0.2) is 0 Å². The monoisotopic (exact) mass is 470 g/mol. The number of benzene rings is 1. The Labute approximate surface area is 202 Å². The maximum atomic E-state index is 13.5. The Morgan fingerprint density at radius 3 is 2.29 bits per heavy atom. The van der Waals surface area contributed by atoms with Crippen LogP contribution < -0.4 is 5.32 Å². The van der Waals surface area contributed by atoms with E-state index < -0.39 is 18.1 Å². The number of esters is 1. The van der Waals surface area contributed by atoms with E-state index in [4.69, 9.17) is 4.74 Å². The number of aryl methyl sites for hydroxylation is 1. The van der Waals surface area contributed by atoms with Crippen molar-refractivity contribution in [2.75, 3.05) is 6.61 Å². The van der Waals surface area contributed by atoms with Gasteiger partial charge in [0.2, 0.25) is 5.91 Å². The fraction of sp³-hybridized carbons (Fsp3) is 0.630. The average molecular weight is 471 g/mol. The molecule has 2 saturated heterocycles. The first kappa shape index (κ1) is 26.1. The SMILES string of the molecule is CC(=O)OCC(=O)[C@@H]1CC[C@H](C(=O)[C@@H]2CCC(C(C)(C)C)N2)N1C(=O)CCCc1ccccc1. The molecule has 1 aromatic rings. The molecule has 4 atom stereocenters. The molecule has 0 spiro atoms. The molecule has 2 aliphatic rings. The molecule has 7 nitrogen and oxygen atoms in total. The van der Waals surface area contributed by atoms with Gasteiger partial charge in [-0.3, -0.25) is 19.2 Å². The summed E-state index contributed by atoms with van der Waals surface area (Å²) < 4.78 is 4.91. The van der Waals surface area contributed by atoms with Crippen LogP contribution in [0.1, 0.15) is 71.8 Å². The number of nitrogens with one attached hydrogen (secondary N) is 1. The maximum absolute atomic E-state index is 13.5. The Balaban J connectivity index is 1.70. The zero-order valence-electron chi connectivity index (χ0n) is 20.8. The molecule has 2 aliphatic heterocycles. The van der Waals surface area contributed by atoms with Crippen LogP contribution in [0.4, 0.5) is 0 Å². The predicted octanol–water partition coefficient (Wildman–Crippen LogP) is 3.24. The Hall–Kier alpha value is -2.54. The second-order valence-corrected chi connectivity index (χ2v) is 10.6. The molecular weight excluding hydrogens is 432 g/mol. The molecule has 0 radical (unpaired) electrons. The van der Waals surface area contributed by atoms with Crippen molar-refractivity contribution in [1.82, 2.24) is 10.2 Å². The lowest BCUT2D eigenvalue weighted by Crippen LogP contribution is -2.53. The fourth-order valence-corrected chi connectivity index (χ4v) is 5.12. The van der Waals surface area contributed by atoms with Crippen molar-refractivity contribution in [1.29, 1.82) is 0 Å². The number of hydrogen-bond donors (Lipinski definition) is 1. The summed E-state index contributed by atoms with van der Waals surface area (Å²) in [5.41, 5.74) is 1.19. The van der Waals surface area contributed by atoms with Crippen LogP contribution in [0.2, 0.25) is 0 Å². The van der Waals surface area contributed by atoms with E-state index in [9.17, 15) is 19.2 Å². The summed E-state index contributed by atoms with van der Waals surface area (Å²) in [4.78, 5) is 52.4. The van der Waals surface area contributed by atoms with E-state index in [1.165, 1.54) is 11.8 Å². The summed E-state index contributed by atoms with van der Waals surface area (Å²) in [5, 5.41) is 3.47. The minimum Gasteiger partial charge on any atom is -0.458 e. The minimum absolute atomic E-state index is 0.00838. The smallest absolute Gasteiger partial charge is 0.303 e. The predicted molar refractivity (Wildman–Crippen MR) is 129 cm³/mol. The van der Waals surface area contributed by atoms with Gasteiger partial charge in [-0.1, -0.05) is 51.1 Å². The van der Waals surface area contributed by atoms with Gasteiger partial charge in [0.05, 0.1) is 18.1 Å². The molecule has 0 saturated carbocycles. The first-order chi connectivity index (χ1) is 16.1. The van der Waals surface area contributed by atoms with Gasteiger partial charge in [0.1, 0.15) is 0 Å². The third-order valence-electron chi connectivity index (χ3n) is 7.02. The first-order valence-corrected chi connectivity index (χ1v) is 12.4. The van der Waals surface area contributed by atoms with Crippen LogP contribution in [0.5, 0.6) is 0 Å². The summed E-state index contributed by atoms with van der Waals surface area (Å²) in [6, 6.07) is 8.52. The molecule has 0 aromatic heterocycles. The van der Waals surface area contributed by atoms with E-state index in [0.717, 1.165) is 24.8 Å². The summed E-state index contributed by atoms with van der Waals surface area (Å²) in [6.45, 7) is 7.33. The molecule has 7 heteroatoms. The van der Waals surface area contributed by atoms with Gasteiger partial charge in [-0.15, -0.1) is 0 Å². The highest BCUT2D eigenvalue weighted by Gasteiger charge is 2.47. The first-order valence-electron chi connectivity index (χ1n) is 12.4. The van der Waals surface area contributed by atoms with Crippen molar-refractivity contribution in [3.05, 3.63) is 35.9 Å². The van der Waals surface area contributed by atoms with E-state index in [-0.39, 0.29) is 48.0 Å². The van der Waals surface area contributed by atoms with Gasteiger partial charge in [0.15, 0.2) is 18.2 Å². The van der Waals surface area contributed by atoms with Crippen LogP contribution in [-0.2, 0) is 30.3 Å². The van der Waals surface area contributed by atoms with Crippen molar-refractivity contribution in [3.8, 4) is 0 Å². The van der Waals surface area contributed by atoms with E-state index in [2.05, 4.69) is 26.1 Å². The number of likely N-dealkylation sites (tertiary alicyclic amines) is 1. The van der Waals surface area contributed by atoms with Gasteiger partial charge in [0, 0.05) is 19.4 Å². The van der Waals surface area contributed by atoms with Crippen LogP contribution in [0.25, 0.3) is 0 Å². The van der Waals surface area contributed by atoms with Crippen LogP contribution in [0.15, 0.2) is 30.3 Å². The summed E-state index contributed by atoms with van der Waals surface area (Å²) in [6.07, 6.45) is 4.17. The molecular formula is C27H38N2O5. The molecule has 1 amide bonds. The second-order valence-electron chi connectivity index (χ2n) is 10.6. The Bertz CT molecular complexity index is 892. The molecule has 2 heterocycles. The number of carbonyl (C=O) groups excluding carboxylic acids is 4. The molecule has 186 valence electrons.